The lowest BCUT2D eigenvalue weighted by Gasteiger charge is -2.26. The standard InChI is InChI=1S/C14H12O3/c15-10-5-1-3-8-7-9-4-2-6-11(16)13(9)14(17)12(8)10/h1-5,11,15-16H,6-7H2. The number of Topliss-reactive ketones (excluding diaryl/α,β-unsaturated/α-hetero) is 1. The SMILES string of the molecule is O=C1C2=C(C=CCC2O)Cc2cccc(O)c21. The smallest absolute Gasteiger partial charge is 0.195 e. The minimum Gasteiger partial charge on any atom is -0.507 e. The quantitative estimate of drug-likeness (QED) is 0.711. The van der Waals surface area contributed by atoms with Crippen molar-refractivity contribution in [3.63, 3.8) is 0 Å². The number of aliphatic hydroxyl groups is 1. The molecule has 0 heterocycles. The first-order chi connectivity index (χ1) is 8.18. The van der Waals surface area contributed by atoms with Gasteiger partial charge in [0, 0.05) is 5.57 Å². The molecule has 2 N–H and O–H groups in total. The van der Waals surface area contributed by atoms with E-state index in [1.54, 1.807) is 6.07 Å². The number of aliphatic hydroxyl groups excluding tert-OH is 1. The first kappa shape index (κ1) is 10.3. The maximum Gasteiger partial charge on any atom is 0.195 e. The van der Waals surface area contributed by atoms with Gasteiger partial charge in [-0.05, 0) is 30.0 Å². The van der Waals surface area contributed by atoms with E-state index < -0.39 is 6.10 Å². The molecule has 0 saturated heterocycles. The zero-order valence-corrected chi connectivity index (χ0v) is 9.18. The van der Waals surface area contributed by atoms with Crippen LogP contribution in [0, 0.1) is 0 Å². The van der Waals surface area contributed by atoms with Gasteiger partial charge in [-0.2, -0.15) is 0 Å². The number of hydrogen-bond acceptors (Lipinski definition) is 3. The summed E-state index contributed by atoms with van der Waals surface area (Å²) in [6, 6.07) is 5.08. The van der Waals surface area contributed by atoms with E-state index in [-0.39, 0.29) is 11.5 Å². The van der Waals surface area contributed by atoms with E-state index in [0.29, 0.717) is 24.0 Å². The lowest BCUT2D eigenvalue weighted by Crippen LogP contribution is -2.26. The third-order valence-corrected chi connectivity index (χ3v) is 3.34. The average Bonchev–Trinajstić information content (AvgIpc) is 2.28. The molecule has 2 aliphatic carbocycles. The zero-order valence-electron chi connectivity index (χ0n) is 9.18. The van der Waals surface area contributed by atoms with Gasteiger partial charge in [0.05, 0.1) is 11.7 Å². The monoisotopic (exact) mass is 228 g/mol. The Hall–Kier alpha value is -1.87. The van der Waals surface area contributed by atoms with E-state index >= 15 is 0 Å². The van der Waals surface area contributed by atoms with E-state index in [9.17, 15) is 15.0 Å². The second-order valence-electron chi connectivity index (χ2n) is 4.41. The Morgan fingerprint density at radius 1 is 1.29 bits per heavy atom. The summed E-state index contributed by atoms with van der Waals surface area (Å²) in [5, 5.41) is 19.6. The van der Waals surface area contributed by atoms with Crippen molar-refractivity contribution in [2.75, 3.05) is 0 Å². The number of rotatable bonds is 0. The maximum absolute atomic E-state index is 12.3. The third kappa shape index (κ3) is 1.43. The van der Waals surface area contributed by atoms with Crippen molar-refractivity contribution >= 4 is 5.78 Å². The number of carbonyl (C=O) groups excluding carboxylic acids is 1. The van der Waals surface area contributed by atoms with Crippen LogP contribution in [0.3, 0.4) is 0 Å². The minimum atomic E-state index is -0.741. The van der Waals surface area contributed by atoms with Gasteiger partial charge in [0.25, 0.3) is 0 Å². The van der Waals surface area contributed by atoms with Crippen LogP contribution in [-0.4, -0.2) is 22.1 Å². The lowest BCUT2D eigenvalue weighted by atomic mass is 9.79. The predicted molar refractivity (Wildman–Crippen MR) is 62.9 cm³/mol. The van der Waals surface area contributed by atoms with Crippen LogP contribution >= 0.6 is 0 Å². The van der Waals surface area contributed by atoms with Crippen LogP contribution in [0.1, 0.15) is 22.3 Å². The summed E-state index contributed by atoms with van der Waals surface area (Å²) in [7, 11) is 0. The average molecular weight is 228 g/mol. The van der Waals surface area contributed by atoms with Crippen molar-refractivity contribution in [3.8, 4) is 5.75 Å². The Labute approximate surface area is 98.7 Å². The van der Waals surface area contributed by atoms with Crippen molar-refractivity contribution in [2.45, 2.75) is 18.9 Å². The maximum atomic E-state index is 12.3. The molecule has 1 unspecified atom stereocenters. The number of phenolic OH excluding ortho intramolecular Hbond substituents is 1. The molecule has 1 atom stereocenters. The zero-order chi connectivity index (χ0) is 12.0. The van der Waals surface area contributed by atoms with Gasteiger partial charge < -0.3 is 10.2 Å². The molecule has 17 heavy (non-hydrogen) atoms. The molecule has 2 aliphatic rings. The number of aromatic hydroxyl groups is 1. The van der Waals surface area contributed by atoms with Crippen LogP contribution in [0.4, 0.5) is 0 Å². The first-order valence-electron chi connectivity index (χ1n) is 5.61. The summed E-state index contributed by atoms with van der Waals surface area (Å²) in [5.41, 5.74) is 2.49. The fourth-order valence-corrected chi connectivity index (χ4v) is 2.55. The summed E-state index contributed by atoms with van der Waals surface area (Å²) in [4.78, 5) is 12.3. The van der Waals surface area contributed by atoms with E-state index in [1.165, 1.54) is 6.07 Å². The molecule has 0 bridgehead atoms. The molecular formula is C14H12O3. The van der Waals surface area contributed by atoms with Gasteiger partial charge in [-0.25, -0.2) is 0 Å². The summed E-state index contributed by atoms with van der Waals surface area (Å²) in [5.74, 6) is -0.239. The first-order valence-corrected chi connectivity index (χ1v) is 5.61. The third-order valence-electron chi connectivity index (χ3n) is 3.34. The van der Waals surface area contributed by atoms with Gasteiger partial charge in [-0.1, -0.05) is 24.3 Å². The summed E-state index contributed by atoms with van der Waals surface area (Å²) in [6.07, 6.45) is 4.10. The van der Waals surface area contributed by atoms with Crippen molar-refractivity contribution in [3.05, 3.63) is 52.6 Å². The van der Waals surface area contributed by atoms with Crippen LogP contribution in [-0.2, 0) is 6.42 Å². The molecule has 1 aromatic carbocycles. The number of phenols is 1. The number of fused-ring (bicyclic) bond motifs is 1. The Kier molecular flexibility index (Phi) is 2.16. The van der Waals surface area contributed by atoms with Gasteiger partial charge in [0.1, 0.15) is 5.75 Å². The lowest BCUT2D eigenvalue weighted by molar-refractivity contribution is 0.0978. The fraction of sp³-hybridized carbons (Fsp3) is 0.214. The van der Waals surface area contributed by atoms with Crippen molar-refractivity contribution < 1.29 is 15.0 Å². The van der Waals surface area contributed by atoms with Crippen molar-refractivity contribution in [1.82, 2.24) is 0 Å². The number of hydrogen-bond donors (Lipinski definition) is 2. The normalized spacial score (nSPS) is 22.4. The molecule has 0 radical (unpaired) electrons. The fourth-order valence-electron chi connectivity index (χ4n) is 2.55. The highest BCUT2D eigenvalue weighted by atomic mass is 16.3. The van der Waals surface area contributed by atoms with E-state index in [1.807, 2.05) is 18.2 Å². The van der Waals surface area contributed by atoms with Gasteiger partial charge in [-0.3, -0.25) is 4.79 Å². The second kappa shape index (κ2) is 3.57. The highest BCUT2D eigenvalue weighted by Crippen LogP contribution is 2.35. The molecule has 0 fully saturated rings. The molecule has 0 spiro atoms. The Morgan fingerprint density at radius 3 is 2.94 bits per heavy atom. The largest absolute Gasteiger partial charge is 0.507 e. The Morgan fingerprint density at radius 2 is 2.12 bits per heavy atom. The Balaban J connectivity index is 2.20. The molecule has 0 aliphatic heterocycles. The highest BCUT2D eigenvalue weighted by Gasteiger charge is 2.32. The molecular weight excluding hydrogens is 216 g/mol. The summed E-state index contributed by atoms with van der Waals surface area (Å²) < 4.78 is 0. The van der Waals surface area contributed by atoms with Crippen molar-refractivity contribution in [2.24, 2.45) is 0 Å². The molecule has 0 amide bonds. The van der Waals surface area contributed by atoms with Crippen LogP contribution in [0.15, 0.2) is 41.5 Å². The van der Waals surface area contributed by atoms with Gasteiger partial charge in [0.15, 0.2) is 5.78 Å². The molecule has 86 valence electrons. The molecule has 3 heteroatoms. The molecule has 0 aromatic heterocycles. The van der Waals surface area contributed by atoms with Crippen LogP contribution < -0.4 is 0 Å². The molecule has 3 nitrogen and oxygen atoms in total. The number of allylic oxidation sites excluding steroid dienone is 2. The highest BCUT2D eigenvalue weighted by molar-refractivity contribution is 6.14. The molecule has 0 saturated carbocycles. The van der Waals surface area contributed by atoms with E-state index in [2.05, 4.69) is 0 Å². The van der Waals surface area contributed by atoms with E-state index in [4.69, 9.17) is 0 Å². The van der Waals surface area contributed by atoms with Crippen molar-refractivity contribution in [1.29, 1.82) is 0 Å². The van der Waals surface area contributed by atoms with Gasteiger partial charge >= 0.3 is 0 Å². The minimum absolute atomic E-state index is 0.000744. The number of ketones is 1. The van der Waals surface area contributed by atoms with Gasteiger partial charge in [-0.15, -0.1) is 0 Å². The molecule has 1 aromatic rings. The van der Waals surface area contributed by atoms with E-state index in [0.717, 1.165) is 11.1 Å². The van der Waals surface area contributed by atoms with Crippen LogP contribution in [0.25, 0.3) is 0 Å². The summed E-state index contributed by atoms with van der Waals surface area (Å²) in [6.45, 7) is 0. The number of carbonyl (C=O) groups is 1. The topological polar surface area (TPSA) is 57.5 Å². The summed E-state index contributed by atoms with van der Waals surface area (Å²) >= 11 is 0. The van der Waals surface area contributed by atoms with Gasteiger partial charge in [0.2, 0.25) is 0 Å². The second-order valence-corrected chi connectivity index (χ2v) is 4.41. The Bertz CT molecular complexity index is 567. The number of benzene rings is 1. The van der Waals surface area contributed by atoms with Crippen LogP contribution in [0.5, 0.6) is 5.75 Å². The molecule has 3 rings (SSSR count). The predicted octanol–water partition coefficient (Wildman–Crippen LogP) is 1.75. The van der Waals surface area contributed by atoms with Crippen LogP contribution in [0.2, 0.25) is 0 Å².